The first kappa shape index (κ1) is 16.7. The molecule has 0 aliphatic heterocycles. The molecular weight excluding hydrogens is 302 g/mol. The summed E-state index contributed by atoms with van der Waals surface area (Å²) in [5, 5.41) is 7.44. The van der Waals surface area contributed by atoms with Gasteiger partial charge in [0.1, 0.15) is 5.82 Å². The lowest BCUT2D eigenvalue weighted by Crippen LogP contribution is -2.28. The minimum atomic E-state index is 0.100. The molecule has 1 aliphatic carbocycles. The molecule has 130 valence electrons. The van der Waals surface area contributed by atoms with Crippen LogP contribution in [0.25, 0.3) is 0 Å². The fraction of sp³-hybridized carbons (Fsp3) is 0.611. The summed E-state index contributed by atoms with van der Waals surface area (Å²) >= 11 is 0. The summed E-state index contributed by atoms with van der Waals surface area (Å²) in [6, 6.07) is 0. The van der Waals surface area contributed by atoms with E-state index in [9.17, 15) is 4.79 Å². The molecule has 1 N–H and O–H groups in total. The first-order valence-corrected chi connectivity index (χ1v) is 8.75. The van der Waals surface area contributed by atoms with Crippen molar-refractivity contribution in [2.24, 2.45) is 7.05 Å². The first-order chi connectivity index (χ1) is 11.5. The number of nitrogens with zero attached hydrogens (tertiary/aromatic N) is 4. The lowest BCUT2D eigenvalue weighted by atomic mass is 10.1. The Morgan fingerprint density at radius 3 is 2.71 bits per heavy atom. The molecule has 24 heavy (non-hydrogen) atoms. The van der Waals surface area contributed by atoms with Gasteiger partial charge in [0.2, 0.25) is 5.91 Å². The zero-order chi connectivity index (χ0) is 17.3. The van der Waals surface area contributed by atoms with E-state index in [0.717, 1.165) is 24.4 Å². The van der Waals surface area contributed by atoms with Crippen molar-refractivity contribution >= 4 is 5.91 Å². The molecule has 2 aromatic heterocycles. The summed E-state index contributed by atoms with van der Waals surface area (Å²) in [7, 11) is 1.94. The number of carbonyl (C=O) groups excluding carboxylic acids is 1. The number of nitrogens with one attached hydrogen (secondary N) is 1. The molecule has 0 radical (unpaired) electrons. The fourth-order valence-electron chi connectivity index (χ4n) is 3.25. The van der Waals surface area contributed by atoms with Gasteiger partial charge in [-0.15, -0.1) is 0 Å². The van der Waals surface area contributed by atoms with Crippen LogP contribution in [-0.2, 0) is 24.8 Å². The highest BCUT2D eigenvalue weighted by Crippen LogP contribution is 2.39. The predicted octanol–water partition coefficient (Wildman–Crippen LogP) is 2.17. The Hall–Kier alpha value is -2.11. The quantitative estimate of drug-likeness (QED) is 0.847. The van der Waals surface area contributed by atoms with Crippen molar-refractivity contribution in [2.45, 2.75) is 58.9 Å². The van der Waals surface area contributed by atoms with Crippen LogP contribution in [0.2, 0.25) is 0 Å². The lowest BCUT2D eigenvalue weighted by Gasteiger charge is -2.11. The number of carbonyl (C=O) groups is 1. The highest BCUT2D eigenvalue weighted by atomic mass is 16.1. The van der Waals surface area contributed by atoms with Crippen molar-refractivity contribution in [3.05, 3.63) is 34.7 Å². The maximum absolute atomic E-state index is 12.1. The molecule has 0 atom stereocenters. The van der Waals surface area contributed by atoms with Crippen LogP contribution in [0.3, 0.4) is 0 Å². The molecule has 1 saturated carbocycles. The summed E-state index contributed by atoms with van der Waals surface area (Å²) in [5.41, 5.74) is 4.52. The van der Waals surface area contributed by atoms with Crippen molar-refractivity contribution in [1.29, 1.82) is 0 Å². The van der Waals surface area contributed by atoms with Crippen molar-refractivity contribution in [3.8, 4) is 0 Å². The SMILES string of the molecule is Cc1nn(C)c(C)c1CCC(=O)NCCn1c(C)cnc1C1CC1. The van der Waals surface area contributed by atoms with E-state index in [0.29, 0.717) is 18.9 Å². The molecule has 6 heteroatoms. The number of amides is 1. The summed E-state index contributed by atoms with van der Waals surface area (Å²) in [6.07, 6.45) is 5.67. The smallest absolute Gasteiger partial charge is 0.220 e. The van der Waals surface area contributed by atoms with Gasteiger partial charge in [0, 0.05) is 50.1 Å². The predicted molar refractivity (Wildman–Crippen MR) is 93.0 cm³/mol. The van der Waals surface area contributed by atoms with Crippen molar-refractivity contribution in [1.82, 2.24) is 24.6 Å². The summed E-state index contributed by atoms with van der Waals surface area (Å²) in [4.78, 5) is 16.6. The number of hydrogen-bond donors (Lipinski definition) is 1. The Kier molecular flexibility index (Phi) is 4.73. The molecule has 0 aromatic carbocycles. The molecule has 0 saturated heterocycles. The summed E-state index contributed by atoms with van der Waals surface area (Å²) in [5.74, 6) is 1.91. The van der Waals surface area contributed by atoms with E-state index in [2.05, 4.69) is 33.8 Å². The van der Waals surface area contributed by atoms with Gasteiger partial charge in [-0.1, -0.05) is 0 Å². The number of aromatic nitrogens is 4. The third kappa shape index (κ3) is 3.52. The number of hydrogen-bond acceptors (Lipinski definition) is 3. The number of rotatable bonds is 7. The van der Waals surface area contributed by atoms with Crippen LogP contribution in [0, 0.1) is 20.8 Å². The van der Waals surface area contributed by atoms with E-state index >= 15 is 0 Å². The van der Waals surface area contributed by atoms with Crippen LogP contribution in [0.5, 0.6) is 0 Å². The van der Waals surface area contributed by atoms with Crippen LogP contribution in [0.1, 0.15) is 53.7 Å². The zero-order valence-electron chi connectivity index (χ0n) is 15.1. The summed E-state index contributed by atoms with van der Waals surface area (Å²) < 4.78 is 4.12. The van der Waals surface area contributed by atoms with Gasteiger partial charge in [-0.2, -0.15) is 5.10 Å². The van der Waals surface area contributed by atoms with Gasteiger partial charge in [-0.3, -0.25) is 9.48 Å². The highest BCUT2D eigenvalue weighted by molar-refractivity contribution is 5.76. The van der Waals surface area contributed by atoms with Gasteiger partial charge in [0.15, 0.2) is 0 Å². The Labute approximate surface area is 143 Å². The zero-order valence-corrected chi connectivity index (χ0v) is 15.1. The van der Waals surface area contributed by atoms with Crippen molar-refractivity contribution < 1.29 is 4.79 Å². The van der Waals surface area contributed by atoms with Crippen LogP contribution in [-0.4, -0.2) is 31.8 Å². The van der Waals surface area contributed by atoms with E-state index < -0.39 is 0 Å². The average molecular weight is 329 g/mol. The molecule has 1 aliphatic rings. The molecule has 3 rings (SSSR count). The lowest BCUT2D eigenvalue weighted by molar-refractivity contribution is -0.121. The van der Waals surface area contributed by atoms with E-state index in [-0.39, 0.29) is 5.91 Å². The molecule has 0 unspecified atom stereocenters. The molecule has 6 nitrogen and oxygen atoms in total. The Balaban J connectivity index is 1.47. The van der Waals surface area contributed by atoms with E-state index in [1.165, 1.54) is 29.9 Å². The largest absolute Gasteiger partial charge is 0.354 e. The molecular formula is C18H27N5O. The van der Waals surface area contributed by atoms with Crippen molar-refractivity contribution in [3.63, 3.8) is 0 Å². The maximum Gasteiger partial charge on any atom is 0.220 e. The monoisotopic (exact) mass is 329 g/mol. The minimum Gasteiger partial charge on any atom is -0.354 e. The van der Waals surface area contributed by atoms with Crippen LogP contribution in [0.4, 0.5) is 0 Å². The topological polar surface area (TPSA) is 64.7 Å². The first-order valence-electron chi connectivity index (χ1n) is 8.75. The molecule has 0 spiro atoms. The van der Waals surface area contributed by atoms with Gasteiger partial charge in [-0.25, -0.2) is 4.98 Å². The van der Waals surface area contributed by atoms with Crippen LogP contribution in [0.15, 0.2) is 6.20 Å². The van der Waals surface area contributed by atoms with E-state index in [1.807, 2.05) is 24.9 Å². The molecule has 1 fully saturated rings. The van der Waals surface area contributed by atoms with Gasteiger partial charge >= 0.3 is 0 Å². The Morgan fingerprint density at radius 2 is 2.08 bits per heavy atom. The van der Waals surface area contributed by atoms with E-state index in [1.54, 1.807) is 0 Å². The normalized spacial score (nSPS) is 14.2. The molecule has 2 aromatic rings. The van der Waals surface area contributed by atoms with Gasteiger partial charge in [-0.05, 0) is 45.6 Å². The Morgan fingerprint density at radius 1 is 1.33 bits per heavy atom. The van der Waals surface area contributed by atoms with Crippen LogP contribution < -0.4 is 5.32 Å². The molecule has 2 heterocycles. The average Bonchev–Trinajstić information content (AvgIpc) is 3.27. The van der Waals surface area contributed by atoms with Gasteiger partial charge in [0.25, 0.3) is 0 Å². The number of imidazole rings is 1. The second-order valence-electron chi connectivity index (χ2n) is 6.81. The second kappa shape index (κ2) is 6.79. The fourth-order valence-corrected chi connectivity index (χ4v) is 3.25. The number of aryl methyl sites for hydroxylation is 3. The van der Waals surface area contributed by atoms with Gasteiger partial charge < -0.3 is 9.88 Å². The maximum atomic E-state index is 12.1. The third-order valence-corrected chi connectivity index (χ3v) is 4.95. The third-order valence-electron chi connectivity index (χ3n) is 4.95. The van der Waals surface area contributed by atoms with E-state index in [4.69, 9.17) is 0 Å². The standard InChI is InChI=1S/C18H27N5O/c1-12-11-20-18(15-5-6-15)23(12)10-9-19-17(24)8-7-16-13(2)21-22(4)14(16)3/h11,15H,5-10H2,1-4H3,(H,19,24). The highest BCUT2D eigenvalue weighted by Gasteiger charge is 2.28. The van der Waals surface area contributed by atoms with Gasteiger partial charge in [0.05, 0.1) is 5.69 Å². The molecule has 0 bridgehead atoms. The summed E-state index contributed by atoms with van der Waals surface area (Å²) in [6.45, 7) is 7.58. The minimum absolute atomic E-state index is 0.100. The van der Waals surface area contributed by atoms with Crippen LogP contribution >= 0.6 is 0 Å². The second-order valence-corrected chi connectivity index (χ2v) is 6.81. The molecule has 1 amide bonds. The van der Waals surface area contributed by atoms with Crippen molar-refractivity contribution in [2.75, 3.05) is 6.54 Å². The Bertz CT molecular complexity index is 739.